The molecular weight excluding hydrogens is 274 g/mol. The fourth-order valence-corrected chi connectivity index (χ4v) is 4.25. The van der Waals surface area contributed by atoms with E-state index in [1.54, 1.807) is 28.6 Å². The first kappa shape index (κ1) is 15.3. The molecule has 0 radical (unpaired) electrons. The number of nitrogens with zero attached hydrogens (tertiary/aromatic N) is 2. The van der Waals surface area contributed by atoms with Gasteiger partial charge in [0, 0.05) is 24.8 Å². The lowest BCUT2D eigenvalue weighted by atomic mass is 10.2. The standard InChI is InChI=1S/C14H23N3O2S/c1-3-16(4-2)13-9-10-17(11-13)20(18,19)14-7-5-12(15)6-8-14/h5-8,13H,3-4,9-11,15H2,1-2H3. The van der Waals surface area contributed by atoms with Gasteiger partial charge < -0.3 is 5.73 Å². The first-order valence-electron chi connectivity index (χ1n) is 7.08. The molecule has 1 aromatic carbocycles. The molecule has 1 fully saturated rings. The molecule has 1 aliphatic rings. The zero-order valence-electron chi connectivity index (χ0n) is 12.1. The van der Waals surface area contributed by atoms with Crippen molar-refractivity contribution in [3.05, 3.63) is 24.3 Å². The number of hydrogen-bond acceptors (Lipinski definition) is 4. The van der Waals surface area contributed by atoms with E-state index in [4.69, 9.17) is 5.73 Å². The number of rotatable bonds is 5. The maximum Gasteiger partial charge on any atom is 0.243 e. The van der Waals surface area contributed by atoms with E-state index >= 15 is 0 Å². The molecule has 0 aliphatic carbocycles. The van der Waals surface area contributed by atoms with Crippen LogP contribution in [0.25, 0.3) is 0 Å². The van der Waals surface area contributed by atoms with E-state index in [1.165, 1.54) is 0 Å². The molecule has 20 heavy (non-hydrogen) atoms. The fourth-order valence-electron chi connectivity index (χ4n) is 2.76. The molecule has 1 atom stereocenters. The van der Waals surface area contributed by atoms with E-state index in [0.29, 0.717) is 29.7 Å². The number of nitrogen functional groups attached to an aromatic ring is 1. The normalized spacial score (nSPS) is 20.6. The van der Waals surface area contributed by atoms with Gasteiger partial charge in [-0.25, -0.2) is 8.42 Å². The van der Waals surface area contributed by atoms with Crippen LogP contribution in [0.4, 0.5) is 5.69 Å². The Bertz CT molecular complexity index is 538. The van der Waals surface area contributed by atoms with E-state index in [9.17, 15) is 8.42 Å². The van der Waals surface area contributed by atoms with Crippen LogP contribution in [0.3, 0.4) is 0 Å². The van der Waals surface area contributed by atoms with Gasteiger partial charge in [0.25, 0.3) is 0 Å². The van der Waals surface area contributed by atoms with Gasteiger partial charge in [-0.3, -0.25) is 4.90 Å². The average molecular weight is 297 g/mol. The predicted molar refractivity (Wildman–Crippen MR) is 80.9 cm³/mol. The van der Waals surface area contributed by atoms with E-state index in [2.05, 4.69) is 18.7 Å². The molecule has 1 unspecified atom stereocenters. The van der Waals surface area contributed by atoms with Crippen LogP contribution < -0.4 is 5.73 Å². The molecule has 1 saturated heterocycles. The number of benzene rings is 1. The highest BCUT2D eigenvalue weighted by Gasteiger charge is 2.34. The van der Waals surface area contributed by atoms with Gasteiger partial charge in [-0.2, -0.15) is 4.31 Å². The van der Waals surface area contributed by atoms with Crippen LogP contribution in [-0.4, -0.2) is 49.8 Å². The van der Waals surface area contributed by atoms with Gasteiger partial charge in [-0.15, -0.1) is 0 Å². The first-order valence-corrected chi connectivity index (χ1v) is 8.52. The molecule has 112 valence electrons. The summed E-state index contributed by atoms with van der Waals surface area (Å²) < 4.78 is 26.7. The largest absolute Gasteiger partial charge is 0.399 e. The summed E-state index contributed by atoms with van der Waals surface area (Å²) in [6, 6.07) is 6.74. The summed E-state index contributed by atoms with van der Waals surface area (Å²) in [6.07, 6.45) is 0.899. The lowest BCUT2D eigenvalue weighted by Crippen LogP contribution is -2.38. The Morgan fingerprint density at radius 1 is 1.25 bits per heavy atom. The molecule has 5 nitrogen and oxygen atoms in total. The molecular formula is C14H23N3O2S. The summed E-state index contributed by atoms with van der Waals surface area (Å²) in [5, 5.41) is 0. The zero-order valence-corrected chi connectivity index (χ0v) is 12.9. The molecule has 6 heteroatoms. The van der Waals surface area contributed by atoms with Gasteiger partial charge in [-0.05, 0) is 43.8 Å². The van der Waals surface area contributed by atoms with Crippen LogP contribution in [0.1, 0.15) is 20.3 Å². The van der Waals surface area contributed by atoms with Crippen LogP contribution in [-0.2, 0) is 10.0 Å². The third-order valence-corrected chi connectivity index (χ3v) is 5.85. The third-order valence-electron chi connectivity index (χ3n) is 3.97. The maximum atomic E-state index is 12.6. The van der Waals surface area contributed by atoms with Crippen LogP contribution in [0.15, 0.2) is 29.2 Å². The van der Waals surface area contributed by atoms with Gasteiger partial charge in [0.05, 0.1) is 4.90 Å². The molecule has 1 aliphatic heterocycles. The van der Waals surface area contributed by atoms with Crippen LogP contribution in [0, 0.1) is 0 Å². The summed E-state index contributed by atoms with van der Waals surface area (Å²) in [4.78, 5) is 2.64. The molecule has 1 aromatic rings. The Balaban J connectivity index is 2.14. The molecule has 1 heterocycles. The zero-order chi connectivity index (χ0) is 14.8. The van der Waals surface area contributed by atoms with Crippen molar-refractivity contribution in [1.29, 1.82) is 0 Å². The Morgan fingerprint density at radius 2 is 1.85 bits per heavy atom. The molecule has 2 rings (SSSR count). The highest BCUT2D eigenvalue weighted by atomic mass is 32.2. The smallest absolute Gasteiger partial charge is 0.243 e. The lowest BCUT2D eigenvalue weighted by Gasteiger charge is -2.26. The lowest BCUT2D eigenvalue weighted by molar-refractivity contribution is 0.224. The molecule has 0 amide bonds. The molecule has 2 N–H and O–H groups in total. The summed E-state index contributed by atoms with van der Waals surface area (Å²) in [7, 11) is -3.39. The van der Waals surface area contributed by atoms with Crippen molar-refractivity contribution >= 4 is 15.7 Å². The molecule has 0 bridgehead atoms. The van der Waals surface area contributed by atoms with Gasteiger partial charge in [0.1, 0.15) is 0 Å². The van der Waals surface area contributed by atoms with Crippen molar-refractivity contribution in [2.75, 3.05) is 31.9 Å². The highest BCUT2D eigenvalue weighted by molar-refractivity contribution is 7.89. The van der Waals surface area contributed by atoms with Gasteiger partial charge in [0.2, 0.25) is 10.0 Å². The van der Waals surface area contributed by atoms with E-state index in [1.807, 2.05) is 0 Å². The van der Waals surface area contributed by atoms with Crippen LogP contribution in [0.2, 0.25) is 0 Å². The topological polar surface area (TPSA) is 66.6 Å². The van der Waals surface area contributed by atoms with Crippen molar-refractivity contribution in [2.45, 2.75) is 31.2 Å². The highest BCUT2D eigenvalue weighted by Crippen LogP contribution is 2.24. The Kier molecular flexibility index (Phi) is 4.67. The number of anilines is 1. The second-order valence-electron chi connectivity index (χ2n) is 5.10. The minimum absolute atomic E-state index is 0.326. The molecule has 0 spiro atoms. The monoisotopic (exact) mass is 297 g/mol. The van der Waals surface area contributed by atoms with Crippen molar-refractivity contribution in [3.8, 4) is 0 Å². The van der Waals surface area contributed by atoms with E-state index in [-0.39, 0.29) is 0 Å². The summed E-state index contributed by atoms with van der Waals surface area (Å²) in [6.45, 7) is 7.30. The van der Waals surface area contributed by atoms with Gasteiger partial charge in [0.15, 0.2) is 0 Å². The Labute approximate surface area is 121 Å². The second-order valence-corrected chi connectivity index (χ2v) is 7.03. The summed E-state index contributed by atoms with van der Waals surface area (Å²) in [5.41, 5.74) is 6.18. The summed E-state index contributed by atoms with van der Waals surface area (Å²) in [5.74, 6) is 0. The number of sulfonamides is 1. The average Bonchev–Trinajstić information content (AvgIpc) is 2.91. The quantitative estimate of drug-likeness (QED) is 0.834. The number of hydrogen-bond donors (Lipinski definition) is 1. The van der Waals surface area contributed by atoms with Crippen LogP contribution >= 0.6 is 0 Å². The van der Waals surface area contributed by atoms with Crippen molar-refractivity contribution in [1.82, 2.24) is 9.21 Å². The minimum Gasteiger partial charge on any atom is -0.399 e. The summed E-state index contributed by atoms with van der Waals surface area (Å²) >= 11 is 0. The maximum absolute atomic E-state index is 12.6. The van der Waals surface area contributed by atoms with Gasteiger partial charge in [-0.1, -0.05) is 13.8 Å². The van der Waals surface area contributed by atoms with Crippen LogP contribution in [0.5, 0.6) is 0 Å². The SMILES string of the molecule is CCN(CC)C1CCN(S(=O)(=O)c2ccc(N)cc2)C1. The van der Waals surface area contributed by atoms with E-state index in [0.717, 1.165) is 19.5 Å². The van der Waals surface area contributed by atoms with Crippen molar-refractivity contribution in [2.24, 2.45) is 0 Å². The number of likely N-dealkylation sites (N-methyl/N-ethyl adjacent to an activating group) is 1. The van der Waals surface area contributed by atoms with Crippen molar-refractivity contribution in [3.63, 3.8) is 0 Å². The third kappa shape index (κ3) is 2.97. The fraction of sp³-hybridized carbons (Fsp3) is 0.571. The number of nitrogens with two attached hydrogens (primary N) is 1. The second kappa shape index (κ2) is 6.11. The van der Waals surface area contributed by atoms with Crippen molar-refractivity contribution < 1.29 is 8.42 Å². The first-order chi connectivity index (χ1) is 9.48. The molecule has 0 saturated carbocycles. The van der Waals surface area contributed by atoms with Gasteiger partial charge >= 0.3 is 0 Å². The Morgan fingerprint density at radius 3 is 2.40 bits per heavy atom. The predicted octanol–water partition coefficient (Wildman–Crippen LogP) is 1.37. The molecule has 0 aromatic heterocycles. The van der Waals surface area contributed by atoms with E-state index < -0.39 is 10.0 Å². The minimum atomic E-state index is -3.39. The Hall–Kier alpha value is -1.11.